The van der Waals surface area contributed by atoms with E-state index >= 15 is 0 Å². The normalized spacial score (nSPS) is 10.1. The van der Waals surface area contributed by atoms with E-state index in [1.807, 2.05) is 13.0 Å². The van der Waals surface area contributed by atoms with Crippen molar-refractivity contribution in [1.29, 1.82) is 0 Å². The third-order valence-electron chi connectivity index (χ3n) is 3.06. The molecule has 0 amide bonds. The molecule has 0 aliphatic heterocycles. The maximum absolute atomic E-state index is 11.0. The van der Waals surface area contributed by atoms with Crippen LogP contribution in [0.15, 0.2) is 36.7 Å². The van der Waals surface area contributed by atoms with Gasteiger partial charge in [-0.15, -0.1) is 0 Å². The smallest absolute Gasteiger partial charge is 0.335 e. The van der Waals surface area contributed by atoms with Crippen LogP contribution in [0.1, 0.15) is 21.5 Å². The molecule has 7 nitrogen and oxygen atoms in total. The number of hydrogen-bond donors (Lipinski definition) is 2. The van der Waals surface area contributed by atoms with Gasteiger partial charge >= 0.3 is 5.97 Å². The van der Waals surface area contributed by atoms with Gasteiger partial charge in [0.25, 0.3) is 5.69 Å². The number of rotatable bonds is 5. The Morgan fingerprint density at radius 1 is 1.43 bits per heavy atom. The zero-order valence-electron chi connectivity index (χ0n) is 11.2. The second kappa shape index (κ2) is 6.00. The minimum absolute atomic E-state index is 0.00833. The van der Waals surface area contributed by atoms with Crippen LogP contribution in [0, 0.1) is 17.0 Å². The summed E-state index contributed by atoms with van der Waals surface area (Å²) >= 11 is 0. The highest BCUT2D eigenvalue weighted by Crippen LogP contribution is 2.26. The van der Waals surface area contributed by atoms with Gasteiger partial charge in [-0.1, -0.05) is 0 Å². The summed E-state index contributed by atoms with van der Waals surface area (Å²) in [4.78, 5) is 25.4. The maximum Gasteiger partial charge on any atom is 0.335 e. The van der Waals surface area contributed by atoms with Gasteiger partial charge in [0.2, 0.25) is 0 Å². The molecule has 2 aromatic rings. The number of pyridine rings is 1. The van der Waals surface area contributed by atoms with E-state index in [9.17, 15) is 14.9 Å². The minimum atomic E-state index is -1.13. The van der Waals surface area contributed by atoms with Gasteiger partial charge in [-0.25, -0.2) is 4.79 Å². The molecule has 7 heteroatoms. The van der Waals surface area contributed by atoms with E-state index in [1.165, 1.54) is 18.2 Å². The molecule has 108 valence electrons. The topological polar surface area (TPSA) is 105 Å². The molecule has 0 unspecified atom stereocenters. The first-order chi connectivity index (χ1) is 9.99. The van der Waals surface area contributed by atoms with E-state index < -0.39 is 10.9 Å². The molecule has 0 aliphatic carbocycles. The van der Waals surface area contributed by atoms with Crippen LogP contribution in [0.25, 0.3) is 0 Å². The summed E-state index contributed by atoms with van der Waals surface area (Å²) in [5, 5.41) is 22.8. The molecule has 0 spiro atoms. The third-order valence-corrected chi connectivity index (χ3v) is 3.06. The van der Waals surface area contributed by atoms with E-state index in [1.54, 1.807) is 12.4 Å². The number of carboxylic acid groups (broad SMARTS) is 1. The molecule has 2 N–H and O–H groups in total. The summed E-state index contributed by atoms with van der Waals surface area (Å²) in [6.45, 7) is 2.23. The first kappa shape index (κ1) is 14.4. The molecule has 1 aromatic carbocycles. The molecule has 1 heterocycles. The number of nitrogens with zero attached hydrogens (tertiary/aromatic N) is 2. The summed E-state index contributed by atoms with van der Waals surface area (Å²) < 4.78 is 0. The average Bonchev–Trinajstić information content (AvgIpc) is 2.46. The summed E-state index contributed by atoms with van der Waals surface area (Å²) in [5.41, 5.74) is 1.87. The van der Waals surface area contributed by atoms with Gasteiger partial charge < -0.3 is 10.4 Å². The Balaban J connectivity index is 2.29. The lowest BCUT2D eigenvalue weighted by Crippen LogP contribution is -2.06. The van der Waals surface area contributed by atoms with Gasteiger partial charge in [0.05, 0.1) is 10.5 Å². The summed E-state index contributed by atoms with van der Waals surface area (Å²) in [6, 6.07) is 5.48. The molecule has 0 saturated heterocycles. The largest absolute Gasteiger partial charge is 0.478 e. The van der Waals surface area contributed by atoms with Gasteiger partial charge in [0.15, 0.2) is 0 Å². The van der Waals surface area contributed by atoms with Gasteiger partial charge in [-0.3, -0.25) is 15.1 Å². The van der Waals surface area contributed by atoms with Crippen LogP contribution in [0.3, 0.4) is 0 Å². The van der Waals surface area contributed by atoms with Crippen LogP contribution in [0.2, 0.25) is 0 Å². The van der Waals surface area contributed by atoms with E-state index in [0.29, 0.717) is 6.54 Å². The Hall–Kier alpha value is -2.96. The minimum Gasteiger partial charge on any atom is -0.478 e. The number of nitro groups is 1. The van der Waals surface area contributed by atoms with Crippen LogP contribution in [-0.4, -0.2) is 21.0 Å². The highest BCUT2D eigenvalue weighted by molar-refractivity contribution is 5.90. The molecule has 0 fully saturated rings. The van der Waals surface area contributed by atoms with Crippen molar-refractivity contribution < 1.29 is 14.8 Å². The molecular weight excluding hydrogens is 274 g/mol. The van der Waals surface area contributed by atoms with Crippen LogP contribution in [-0.2, 0) is 6.54 Å². The fourth-order valence-electron chi connectivity index (χ4n) is 1.84. The van der Waals surface area contributed by atoms with Crippen molar-refractivity contribution >= 4 is 17.3 Å². The number of hydrogen-bond acceptors (Lipinski definition) is 5. The van der Waals surface area contributed by atoms with Gasteiger partial charge in [0, 0.05) is 25.0 Å². The summed E-state index contributed by atoms with van der Waals surface area (Å²) in [6.07, 6.45) is 3.32. The number of aryl methyl sites for hydroxylation is 1. The first-order valence-electron chi connectivity index (χ1n) is 6.14. The van der Waals surface area contributed by atoms with Crippen LogP contribution < -0.4 is 5.32 Å². The molecule has 0 bridgehead atoms. The first-order valence-corrected chi connectivity index (χ1v) is 6.14. The number of anilines is 1. The lowest BCUT2D eigenvalue weighted by molar-refractivity contribution is -0.384. The molecule has 0 aliphatic rings. The van der Waals surface area contributed by atoms with E-state index in [4.69, 9.17) is 5.11 Å². The molecule has 2 rings (SSSR count). The van der Waals surface area contributed by atoms with E-state index in [0.717, 1.165) is 11.1 Å². The van der Waals surface area contributed by atoms with Crippen molar-refractivity contribution in [2.24, 2.45) is 0 Å². The number of nitrogens with one attached hydrogen (secondary N) is 1. The number of carbonyl (C=O) groups is 1. The quantitative estimate of drug-likeness (QED) is 0.646. The van der Waals surface area contributed by atoms with Crippen molar-refractivity contribution in [2.75, 3.05) is 5.32 Å². The molecule has 0 saturated carbocycles. The number of benzene rings is 1. The Morgan fingerprint density at radius 3 is 2.81 bits per heavy atom. The Bertz CT molecular complexity index is 700. The zero-order valence-corrected chi connectivity index (χ0v) is 11.2. The van der Waals surface area contributed by atoms with Crippen LogP contribution >= 0.6 is 0 Å². The van der Waals surface area contributed by atoms with Crippen molar-refractivity contribution in [2.45, 2.75) is 13.5 Å². The SMILES string of the molecule is Cc1ccncc1CNc1cc(C(=O)O)ccc1[N+](=O)[O-]. The Kier molecular flexibility index (Phi) is 4.13. The Morgan fingerprint density at radius 2 is 2.19 bits per heavy atom. The fourth-order valence-corrected chi connectivity index (χ4v) is 1.84. The monoisotopic (exact) mass is 287 g/mol. The van der Waals surface area contributed by atoms with Crippen LogP contribution in [0.5, 0.6) is 0 Å². The van der Waals surface area contributed by atoms with Crippen molar-refractivity contribution in [3.8, 4) is 0 Å². The second-order valence-corrected chi connectivity index (χ2v) is 4.45. The highest BCUT2D eigenvalue weighted by Gasteiger charge is 2.16. The van der Waals surface area contributed by atoms with E-state index in [-0.39, 0.29) is 16.9 Å². The van der Waals surface area contributed by atoms with Gasteiger partial charge in [-0.2, -0.15) is 0 Å². The predicted molar refractivity (Wildman–Crippen MR) is 76.4 cm³/mol. The molecular formula is C14H13N3O4. The van der Waals surface area contributed by atoms with Gasteiger partial charge in [0.1, 0.15) is 5.69 Å². The van der Waals surface area contributed by atoms with E-state index in [2.05, 4.69) is 10.3 Å². The molecule has 21 heavy (non-hydrogen) atoms. The number of aromatic nitrogens is 1. The van der Waals surface area contributed by atoms with Crippen LogP contribution in [0.4, 0.5) is 11.4 Å². The summed E-state index contributed by atoms with van der Waals surface area (Å²) in [7, 11) is 0. The van der Waals surface area contributed by atoms with Crippen molar-refractivity contribution in [3.63, 3.8) is 0 Å². The van der Waals surface area contributed by atoms with Crippen molar-refractivity contribution in [3.05, 3.63) is 63.5 Å². The number of nitro benzene ring substituents is 1. The second-order valence-electron chi connectivity index (χ2n) is 4.45. The molecule has 1 aromatic heterocycles. The zero-order chi connectivity index (χ0) is 15.4. The van der Waals surface area contributed by atoms with Crippen molar-refractivity contribution in [1.82, 2.24) is 4.98 Å². The standard InChI is InChI=1S/C14H13N3O4/c1-9-4-5-15-7-11(9)8-16-12-6-10(14(18)19)2-3-13(12)17(20)21/h2-7,16H,8H2,1H3,(H,18,19). The van der Waals surface area contributed by atoms with Gasteiger partial charge in [-0.05, 0) is 36.2 Å². The number of carboxylic acids is 1. The fraction of sp³-hybridized carbons (Fsp3) is 0.143. The summed E-state index contributed by atoms with van der Waals surface area (Å²) in [5.74, 6) is -1.13. The maximum atomic E-state index is 11.0. The Labute approximate surface area is 120 Å². The average molecular weight is 287 g/mol. The number of aromatic carboxylic acids is 1. The molecule has 0 radical (unpaired) electrons. The highest BCUT2D eigenvalue weighted by atomic mass is 16.6. The lowest BCUT2D eigenvalue weighted by Gasteiger charge is -2.09. The predicted octanol–water partition coefficient (Wildman–Crippen LogP) is 2.61. The third kappa shape index (κ3) is 3.33. The lowest BCUT2D eigenvalue weighted by atomic mass is 10.1. The molecule has 0 atom stereocenters.